The van der Waals surface area contributed by atoms with Crippen molar-refractivity contribution in [1.82, 2.24) is 14.9 Å². The molecule has 1 amide bonds. The van der Waals surface area contributed by atoms with E-state index in [-0.39, 0.29) is 23.0 Å². The van der Waals surface area contributed by atoms with Gasteiger partial charge in [0.15, 0.2) is 16.3 Å². The molecule has 0 fully saturated rings. The number of H-pyrrole nitrogens is 1. The summed E-state index contributed by atoms with van der Waals surface area (Å²) in [6, 6.07) is 18.5. The Labute approximate surface area is 194 Å². The number of hydrogen-bond acceptors (Lipinski definition) is 5. The number of hydrogen-bond donors (Lipinski definition) is 2. The van der Waals surface area contributed by atoms with Crippen LogP contribution >= 0.6 is 12.2 Å². The molecule has 0 saturated carbocycles. The number of carbonyl (C=O) groups is 1. The summed E-state index contributed by atoms with van der Waals surface area (Å²) >= 11 is 5.45. The van der Waals surface area contributed by atoms with Crippen molar-refractivity contribution in [3.8, 4) is 11.5 Å². The fourth-order valence-electron chi connectivity index (χ4n) is 3.75. The number of aryl methyl sites for hydroxylation is 1. The van der Waals surface area contributed by atoms with Crippen LogP contribution in [0.4, 0.5) is 0 Å². The zero-order valence-corrected chi connectivity index (χ0v) is 18.7. The van der Waals surface area contributed by atoms with E-state index in [2.05, 4.69) is 10.3 Å². The standard InChI is InChI=1S/C25H21N3O4S/c1-15-2-4-16(5-3-15)12-26-23(29)18-7-8-19-20(11-18)27-25(33)28(24(19)30)13-17-6-9-21-22(10-17)32-14-31-21/h2-11H,12-14H2,1H3,(H,26,29)(H,27,33). The van der Waals surface area contributed by atoms with Crippen molar-refractivity contribution >= 4 is 29.0 Å². The first-order chi connectivity index (χ1) is 16.0. The predicted octanol–water partition coefficient (Wildman–Crippen LogP) is 4.07. The molecular formula is C25H21N3O4S. The molecule has 7 nitrogen and oxygen atoms in total. The maximum absolute atomic E-state index is 13.1. The number of amides is 1. The molecule has 4 aromatic rings. The van der Waals surface area contributed by atoms with Gasteiger partial charge in [0.1, 0.15) is 0 Å². The van der Waals surface area contributed by atoms with E-state index in [1.165, 1.54) is 10.1 Å². The highest BCUT2D eigenvalue weighted by atomic mass is 32.1. The molecule has 1 aliphatic rings. The highest BCUT2D eigenvalue weighted by molar-refractivity contribution is 7.71. The number of rotatable bonds is 5. The van der Waals surface area contributed by atoms with Crippen LogP contribution in [0.5, 0.6) is 11.5 Å². The molecule has 33 heavy (non-hydrogen) atoms. The maximum Gasteiger partial charge on any atom is 0.262 e. The minimum Gasteiger partial charge on any atom is -0.454 e. The average Bonchev–Trinajstić information content (AvgIpc) is 3.29. The zero-order valence-electron chi connectivity index (χ0n) is 17.9. The highest BCUT2D eigenvalue weighted by Crippen LogP contribution is 2.32. The second-order valence-corrected chi connectivity index (χ2v) is 8.32. The van der Waals surface area contributed by atoms with Gasteiger partial charge in [0.05, 0.1) is 17.4 Å². The molecule has 0 aliphatic carbocycles. The predicted molar refractivity (Wildman–Crippen MR) is 127 cm³/mol. The number of aromatic amines is 1. The van der Waals surface area contributed by atoms with E-state index < -0.39 is 0 Å². The smallest absolute Gasteiger partial charge is 0.262 e. The van der Waals surface area contributed by atoms with Crippen molar-refractivity contribution in [3.63, 3.8) is 0 Å². The van der Waals surface area contributed by atoms with Gasteiger partial charge in [-0.25, -0.2) is 0 Å². The lowest BCUT2D eigenvalue weighted by Gasteiger charge is -2.10. The molecule has 0 saturated heterocycles. The summed E-state index contributed by atoms with van der Waals surface area (Å²) in [6.07, 6.45) is 0. The number of nitrogens with zero attached hydrogens (tertiary/aromatic N) is 1. The fourth-order valence-corrected chi connectivity index (χ4v) is 4.01. The molecule has 5 rings (SSSR count). The largest absolute Gasteiger partial charge is 0.454 e. The topological polar surface area (TPSA) is 85.3 Å². The summed E-state index contributed by atoms with van der Waals surface area (Å²) in [5.74, 6) is 1.11. The van der Waals surface area contributed by atoms with Gasteiger partial charge in [-0.3, -0.25) is 14.2 Å². The second-order valence-electron chi connectivity index (χ2n) is 7.94. The fraction of sp³-hybridized carbons (Fsp3) is 0.160. The van der Waals surface area contributed by atoms with E-state index in [1.807, 2.05) is 49.4 Å². The molecule has 0 unspecified atom stereocenters. The van der Waals surface area contributed by atoms with Gasteiger partial charge in [-0.1, -0.05) is 35.9 Å². The van der Waals surface area contributed by atoms with Crippen molar-refractivity contribution in [2.24, 2.45) is 0 Å². The Kier molecular flexibility index (Phi) is 5.43. The van der Waals surface area contributed by atoms with Gasteiger partial charge >= 0.3 is 0 Å². The normalized spacial score (nSPS) is 12.2. The van der Waals surface area contributed by atoms with E-state index >= 15 is 0 Å². The molecular weight excluding hydrogens is 438 g/mol. The molecule has 1 aromatic heterocycles. The number of fused-ring (bicyclic) bond motifs is 2. The molecule has 3 aromatic carbocycles. The van der Waals surface area contributed by atoms with Crippen LogP contribution in [0.25, 0.3) is 10.9 Å². The van der Waals surface area contributed by atoms with Crippen molar-refractivity contribution in [1.29, 1.82) is 0 Å². The SMILES string of the molecule is Cc1ccc(CNC(=O)c2ccc3c(=O)n(Cc4ccc5c(c4)OCO5)c(=S)[nH]c3c2)cc1. The van der Waals surface area contributed by atoms with Crippen LogP contribution in [0.3, 0.4) is 0 Å². The minimum absolute atomic E-state index is 0.190. The summed E-state index contributed by atoms with van der Waals surface area (Å²) in [5, 5.41) is 3.37. The molecule has 0 atom stereocenters. The summed E-state index contributed by atoms with van der Waals surface area (Å²) in [4.78, 5) is 28.9. The Morgan fingerprint density at radius 2 is 1.79 bits per heavy atom. The lowest BCUT2D eigenvalue weighted by atomic mass is 10.1. The second kappa shape index (κ2) is 8.55. The molecule has 2 heterocycles. The third-order valence-electron chi connectivity index (χ3n) is 5.60. The van der Waals surface area contributed by atoms with Crippen LogP contribution in [0.15, 0.2) is 65.5 Å². The number of nitrogens with one attached hydrogen (secondary N) is 2. The molecule has 1 aliphatic heterocycles. The average molecular weight is 460 g/mol. The van der Waals surface area contributed by atoms with E-state index in [0.717, 1.165) is 11.1 Å². The third kappa shape index (κ3) is 4.25. The lowest BCUT2D eigenvalue weighted by molar-refractivity contribution is 0.0951. The summed E-state index contributed by atoms with van der Waals surface area (Å²) < 4.78 is 12.5. The van der Waals surface area contributed by atoms with Crippen LogP contribution in [0, 0.1) is 11.7 Å². The van der Waals surface area contributed by atoms with Crippen LogP contribution in [0.1, 0.15) is 27.0 Å². The minimum atomic E-state index is -0.224. The Balaban J connectivity index is 1.39. The monoisotopic (exact) mass is 459 g/mol. The van der Waals surface area contributed by atoms with Gasteiger partial charge < -0.3 is 19.8 Å². The van der Waals surface area contributed by atoms with Gasteiger partial charge in [-0.2, -0.15) is 0 Å². The first-order valence-electron chi connectivity index (χ1n) is 10.5. The van der Waals surface area contributed by atoms with Crippen LogP contribution < -0.4 is 20.3 Å². The maximum atomic E-state index is 13.1. The Morgan fingerprint density at radius 3 is 2.61 bits per heavy atom. The van der Waals surface area contributed by atoms with Crippen LogP contribution in [-0.2, 0) is 13.1 Å². The van der Waals surface area contributed by atoms with E-state index in [1.54, 1.807) is 18.2 Å². The molecule has 166 valence electrons. The Hall–Kier alpha value is -3.91. The van der Waals surface area contributed by atoms with E-state index in [4.69, 9.17) is 21.7 Å². The molecule has 2 N–H and O–H groups in total. The Bertz CT molecular complexity index is 1490. The van der Waals surface area contributed by atoms with Crippen LogP contribution in [0.2, 0.25) is 0 Å². The van der Waals surface area contributed by atoms with Gasteiger partial charge in [-0.15, -0.1) is 0 Å². The third-order valence-corrected chi connectivity index (χ3v) is 5.92. The van der Waals surface area contributed by atoms with Crippen LogP contribution in [-0.4, -0.2) is 22.3 Å². The van der Waals surface area contributed by atoms with Gasteiger partial charge in [0.25, 0.3) is 11.5 Å². The molecule has 8 heteroatoms. The van der Waals surface area contributed by atoms with Crippen molar-refractivity contribution in [3.05, 3.63) is 98.0 Å². The number of ether oxygens (including phenoxy) is 2. The first kappa shape index (κ1) is 21.0. The van der Waals surface area contributed by atoms with Crippen molar-refractivity contribution < 1.29 is 14.3 Å². The molecule has 0 radical (unpaired) electrons. The van der Waals surface area contributed by atoms with Gasteiger partial charge in [0, 0.05) is 12.1 Å². The molecule has 0 bridgehead atoms. The zero-order chi connectivity index (χ0) is 22.9. The van der Waals surface area contributed by atoms with Crippen molar-refractivity contribution in [2.75, 3.05) is 6.79 Å². The summed E-state index contributed by atoms with van der Waals surface area (Å²) in [6.45, 7) is 2.92. The van der Waals surface area contributed by atoms with Gasteiger partial charge in [0.2, 0.25) is 6.79 Å². The molecule has 0 spiro atoms. The lowest BCUT2D eigenvalue weighted by Crippen LogP contribution is -2.24. The number of carbonyl (C=O) groups excluding carboxylic acids is 1. The quantitative estimate of drug-likeness (QED) is 0.440. The summed E-state index contributed by atoms with van der Waals surface area (Å²) in [5.41, 5.74) is 3.80. The van der Waals surface area contributed by atoms with E-state index in [9.17, 15) is 9.59 Å². The Morgan fingerprint density at radius 1 is 1.03 bits per heavy atom. The number of benzene rings is 3. The highest BCUT2D eigenvalue weighted by Gasteiger charge is 2.15. The first-order valence-corrected chi connectivity index (χ1v) is 10.9. The van der Waals surface area contributed by atoms with Crippen molar-refractivity contribution in [2.45, 2.75) is 20.0 Å². The van der Waals surface area contributed by atoms with Gasteiger partial charge in [-0.05, 0) is 60.6 Å². The summed E-state index contributed by atoms with van der Waals surface area (Å²) in [7, 11) is 0. The number of aromatic nitrogens is 2. The van der Waals surface area contributed by atoms with E-state index in [0.29, 0.717) is 41.1 Å².